The fraction of sp³-hybridized carbons (Fsp3) is 0.300. The molecule has 0 radical (unpaired) electrons. The third-order valence-electron chi connectivity index (χ3n) is 1.81. The van der Waals surface area contributed by atoms with Crippen molar-refractivity contribution in [3.05, 3.63) is 23.8 Å². The first-order chi connectivity index (χ1) is 7.33. The molecule has 0 aliphatic heterocycles. The molecule has 0 aliphatic carbocycles. The van der Waals surface area contributed by atoms with Gasteiger partial charge in [0.1, 0.15) is 5.75 Å². The lowest BCUT2D eigenvalue weighted by Gasteiger charge is -2.08. The number of ketones is 1. The Balaban J connectivity index is 3.23. The van der Waals surface area contributed by atoms with Crippen molar-refractivity contribution in [3.63, 3.8) is 0 Å². The first-order valence-corrected chi connectivity index (χ1v) is 6.23. The van der Waals surface area contributed by atoms with Gasteiger partial charge in [-0.15, -0.1) is 0 Å². The average molecular weight is 244 g/mol. The van der Waals surface area contributed by atoms with E-state index in [4.69, 9.17) is 4.74 Å². The molecular formula is C10H12O5S. The highest BCUT2D eigenvalue weighted by Crippen LogP contribution is 2.25. The molecule has 0 fully saturated rings. The van der Waals surface area contributed by atoms with Crippen LogP contribution in [-0.4, -0.2) is 27.6 Å². The van der Waals surface area contributed by atoms with Crippen molar-refractivity contribution >= 4 is 15.9 Å². The molecule has 0 atom stereocenters. The molecule has 0 spiro atoms. The maximum Gasteiger partial charge on any atom is 0.306 e. The first kappa shape index (κ1) is 12.5. The molecule has 1 aromatic carbocycles. The standard InChI is InChI=1S/C10H12O5S/c1-7(11)9-6-8(14-2)4-5-10(9)15-16(3,12)13/h4-6H,1-3H3. The second kappa shape index (κ2) is 4.52. The minimum atomic E-state index is -3.65. The Labute approximate surface area is 94.1 Å². The van der Waals surface area contributed by atoms with Gasteiger partial charge in [-0.3, -0.25) is 4.79 Å². The Hall–Kier alpha value is -1.56. The molecule has 16 heavy (non-hydrogen) atoms. The van der Waals surface area contributed by atoms with E-state index in [9.17, 15) is 13.2 Å². The van der Waals surface area contributed by atoms with Crippen LogP contribution in [0.3, 0.4) is 0 Å². The summed E-state index contributed by atoms with van der Waals surface area (Å²) in [5.74, 6) is 0.180. The minimum Gasteiger partial charge on any atom is -0.497 e. The Bertz CT molecular complexity index is 504. The quantitative estimate of drug-likeness (QED) is 0.588. The molecule has 0 N–H and O–H groups in total. The van der Waals surface area contributed by atoms with Crippen molar-refractivity contribution < 1.29 is 22.1 Å². The zero-order chi connectivity index (χ0) is 12.3. The number of hydrogen-bond donors (Lipinski definition) is 0. The zero-order valence-electron chi connectivity index (χ0n) is 9.18. The van der Waals surface area contributed by atoms with Gasteiger partial charge in [-0.2, -0.15) is 8.42 Å². The molecule has 0 aliphatic rings. The van der Waals surface area contributed by atoms with Crippen molar-refractivity contribution in [3.8, 4) is 11.5 Å². The molecular weight excluding hydrogens is 232 g/mol. The molecule has 5 nitrogen and oxygen atoms in total. The van der Waals surface area contributed by atoms with Gasteiger partial charge in [-0.1, -0.05) is 0 Å². The zero-order valence-corrected chi connectivity index (χ0v) is 10.00. The maximum atomic E-state index is 11.3. The maximum absolute atomic E-state index is 11.3. The van der Waals surface area contributed by atoms with Crippen molar-refractivity contribution in [2.24, 2.45) is 0 Å². The summed E-state index contributed by atoms with van der Waals surface area (Å²) in [6.45, 7) is 1.32. The van der Waals surface area contributed by atoms with Gasteiger partial charge in [-0.25, -0.2) is 0 Å². The van der Waals surface area contributed by atoms with E-state index in [2.05, 4.69) is 4.18 Å². The van der Waals surface area contributed by atoms with Gasteiger partial charge in [0.2, 0.25) is 0 Å². The van der Waals surface area contributed by atoms with E-state index < -0.39 is 10.1 Å². The summed E-state index contributed by atoms with van der Waals surface area (Å²) in [5, 5.41) is 0. The average Bonchev–Trinajstić information content (AvgIpc) is 2.15. The highest BCUT2D eigenvalue weighted by Gasteiger charge is 2.14. The van der Waals surface area contributed by atoms with Crippen LogP contribution in [0, 0.1) is 0 Å². The van der Waals surface area contributed by atoms with E-state index >= 15 is 0 Å². The number of hydrogen-bond acceptors (Lipinski definition) is 5. The van der Waals surface area contributed by atoms with Gasteiger partial charge in [0.15, 0.2) is 11.5 Å². The molecule has 0 heterocycles. The van der Waals surface area contributed by atoms with Crippen LogP contribution in [0.1, 0.15) is 17.3 Å². The van der Waals surface area contributed by atoms with Crippen LogP contribution in [0.4, 0.5) is 0 Å². The highest BCUT2D eigenvalue weighted by atomic mass is 32.2. The van der Waals surface area contributed by atoms with E-state index in [0.717, 1.165) is 6.26 Å². The van der Waals surface area contributed by atoms with Gasteiger partial charge in [0, 0.05) is 0 Å². The summed E-state index contributed by atoms with van der Waals surface area (Å²) in [7, 11) is -2.19. The van der Waals surface area contributed by atoms with Crippen LogP contribution in [0.15, 0.2) is 18.2 Å². The van der Waals surface area contributed by atoms with Crippen molar-refractivity contribution in [2.75, 3.05) is 13.4 Å². The third kappa shape index (κ3) is 3.23. The number of methoxy groups -OCH3 is 1. The first-order valence-electron chi connectivity index (χ1n) is 4.42. The fourth-order valence-corrected chi connectivity index (χ4v) is 1.62. The van der Waals surface area contributed by atoms with Crippen LogP contribution in [0.5, 0.6) is 11.5 Å². The van der Waals surface area contributed by atoms with Crippen molar-refractivity contribution in [1.29, 1.82) is 0 Å². The monoisotopic (exact) mass is 244 g/mol. The molecule has 0 amide bonds. The number of Topliss-reactive ketones (excluding diaryl/α,β-unsaturated/α-hetero) is 1. The lowest BCUT2D eigenvalue weighted by Crippen LogP contribution is -2.09. The second-order valence-electron chi connectivity index (χ2n) is 3.21. The Morgan fingerprint density at radius 1 is 1.31 bits per heavy atom. The molecule has 0 aromatic heterocycles. The number of benzene rings is 1. The summed E-state index contributed by atoms with van der Waals surface area (Å²) < 4.78 is 31.6. The van der Waals surface area contributed by atoms with Crippen LogP contribution in [0.25, 0.3) is 0 Å². The molecule has 0 unspecified atom stereocenters. The predicted octanol–water partition coefficient (Wildman–Crippen LogP) is 1.24. The molecule has 6 heteroatoms. The smallest absolute Gasteiger partial charge is 0.306 e. The van der Waals surface area contributed by atoms with Crippen LogP contribution in [-0.2, 0) is 10.1 Å². The van der Waals surface area contributed by atoms with E-state index in [1.165, 1.54) is 32.2 Å². The molecule has 88 valence electrons. The molecule has 0 saturated heterocycles. The highest BCUT2D eigenvalue weighted by molar-refractivity contribution is 7.86. The number of carbonyl (C=O) groups excluding carboxylic acids is 1. The van der Waals surface area contributed by atoms with Crippen molar-refractivity contribution in [1.82, 2.24) is 0 Å². The summed E-state index contributed by atoms with van der Waals surface area (Å²) in [4.78, 5) is 11.3. The van der Waals surface area contributed by atoms with Gasteiger partial charge in [-0.05, 0) is 25.1 Å². The normalized spacial score (nSPS) is 10.9. The largest absolute Gasteiger partial charge is 0.497 e. The number of carbonyl (C=O) groups is 1. The van der Waals surface area contributed by atoms with E-state index in [1.54, 1.807) is 0 Å². The van der Waals surface area contributed by atoms with Crippen molar-refractivity contribution in [2.45, 2.75) is 6.92 Å². The lowest BCUT2D eigenvalue weighted by atomic mass is 10.1. The SMILES string of the molecule is COc1ccc(OS(C)(=O)=O)c(C(C)=O)c1. The molecule has 1 aromatic rings. The summed E-state index contributed by atoms with van der Waals surface area (Å²) in [5.41, 5.74) is 0.171. The molecule has 0 bridgehead atoms. The summed E-state index contributed by atoms with van der Waals surface area (Å²) in [6, 6.07) is 4.34. The summed E-state index contributed by atoms with van der Waals surface area (Å²) >= 11 is 0. The third-order valence-corrected chi connectivity index (χ3v) is 2.29. The minimum absolute atomic E-state index is 0.0100. The number of ether oxygens (including phenoxy) is 1. The molecule has 1 rings (SSSR count). The van der Waals surface area contributed by atoms with E-state index in [1.807, 2.05) is 0 Å². The van der Waals surface area contributed by atoms with E-state index in [0.29, 0.717) is 5.75 Å². The Kier molecular flexibility index (Phi) is 3.54. The Morgan fingerprint density at radius 2 is 1.94 bits per heavy atom. The topological polar surface area (TPSA) is 69.7 Å². The predicted molar refractivity (Wildman–Crippen MR) is 58.5 cm³/mol. The summed E-state index contributed by atoms with van der Waals surface area (Å²) in [6.07, 6.45) is 0.918. The lowest BCUT2D eigenvalue weighted by molar-refractivity contribution is 0.101. The van der Waals surface area contributed by atoms with Gasteiger partial charge >= 0.3 is 10.1 Å². The van der Waals surface area contributed by atoms with Gasteiger partial charge in [0.05, 0.1) is 18.9 Å². The van der Waals surface area contributed by atoms with Gasteiger partial charge in [0.25, 0.3) is 0 Å². The van der Waals surface area contributed by atoms with Gasteiger partial charge < -0.3 is 8.92 Å². The fourth-order valence-electron chi connectivity index (χ4n) is 1.15. The van der Waals surface area contributed by atoms with E-state index in [-0.39, 0.29) is 17.1 Å². The Morgan fingerprint density at radius 3 is 2.38 bits per heavy atom. The van der Waals surface area contributed by atoms with Crippen LogP contribution >= 0.6 is 0 Å². The van der Waals surface area contributed by atoms with Crippen LogP contribution in [0.2, 0.25) is 0 Å². The molecule has 0 saturated carbocycles. The second-order valence-corrected chi connectivity index (χ2v) is 4.78. The number of rotatable bonds is 4. The van der Waals surface area contributed by atoms with Crippen LogP contribution < -0.4 is 8.92 Å².